The maximum Gasteiger partial charge on any atom is 0.278 e. The molecule has 9 nitrogen and oxygen atoms in total. The number of benzene rings is 1. The summed E-state index contributed by atoms with van der Waals surface area (Å²) in [5.41, 5.74) is 0.683. The van der Waals surface area contributed by atoms with Gasteiger partial charge in [-0.15, -0.1) is 0 Å². The molecule has 0 saturated carbocycles. The van der Waals surface area contributed by atoms with E-state index in [-0.39, 0.29) is 19.0 Å². The molecule has 130 valence electrons. The molecule has 0 aliphatic rings. The van der Waals surface area contributed by atoms with Crippen molar-refractivity contribution in [2.75, 3.05) is 38.2 Å². The van der Waals surface area contributed by atoms with Gasteiger partial charge in [0.25, 0.3) is 16.1 Å². The Balaban J connectivity index is 2.50. The van der Waals surface area contributed by atoms with Crippen LogP contribution in [-0.2, 0) is 20.2 Å². The van der Waals surface area contributed by atoms with Gasteiger partial charge in [-0.25, -0.2) is 13.1 Å². The Bertz CT molecular complexity index is 742. The van der Waals surface area contributed by atoms with Crippen LogP contribution in [-0.4, -0.2) is 60.5 Å². The summed E-state index contributed by atoms with van der Waals surface area (Å²) < 4.78 is 50.7. The molecule has 3 N–H and O–H groups in total. The lowest BCUT2D eigenvalue weighted by atomic mass is 10.2. The lowest BCUT2D eigenvalue weighted by molar-refractivity contribution is 0.0954. The molecule has 23 heavy (non-hydrogen) atoms. The van der Waals surface area contributed by atoms with E-state index in [9.17, 15) is 21.6 Å². The first kappa shape index (κ1) is 19.4. The number of amides is 1. The van der Waals surface area contributed by atoms with Crippen molar-refractivity contribution in [1.29, 1.82) is 0 Å². The van der Waals surface area contributed by atoms with Crippen molar-refractivity contribution in [3.05, 3.63) is 29.8 Å². The Labute approximate surface area is 136 Å². The Morgan fingerprint density at radius 3 is 2.09 bits per heavy atom. The van der Waals surface area contributed by atoms with Crippen molar-refractivity contribution in [2.24, 2.45) is 0 Å². The fourth-order valence-electron chi connectivity index (χ4n) is 1.49. The highest BCUT2D eigenvalue weighted by molar-refractivity contribution is 7.92. The van der Waals surface area contributed by atoms with Gasteiger partial charge >= 0.3 is 0 Å². The van der Waals surface area contributed by atoms with Crippen LogP contribution in [0.1, 0.15) is 10.4 Å². The van der Waals surface area contributed by atoms with Crippen LogP contribution >= 0.6 is 0 Å². The second-order valence-electron chi connectivity index (χ2n) is 4.89. The van der Waals surface area contributed by atoms with Crippen LogP contribution in [0.25, 0.3) is 0 Å². The first-order chi connectivity index (χ1) is 10.5. The van der Waals surface area contributed by atoms with Gasteiger partial charge in [0.15, 0.2) is 0 Å². The molecular weight excluding hydrogens is 344 g/mol. The number of nitrogens with one attached hydrogen (secondary N) is 3. The molecular formula is C12H20N4O5S2. The molecule has 0 heterocycles. The molecule has 0 aliphatic carbocycles. The monoisotopic (exact) mass is 364 g/mol. The zero-order chi connectivity index (χ0) is 17.7. The summed E-state index contributed by atoms with van der Waals surface area (Å²) in [4.78, 5) is 11.9. The van der Waals surface area contributed by atoms with Gasteiger partial charge in [0.05, 0.1) is 6.26 Å². The van der Waals surface area contributed by atoms with Gasteiger partial charge in [0, 0.05) is 38.4 Å². The van der Waals surface area contributed by atoms with Crippen LogP contribution in [0, 0.1) is 0 Å². The first-order valence-electron chi connectivity index (χ1n) is 6.54. The maximum atomic E-state index is 11.9. The second kappa shape index (κ2) is 7.73. The summed E-state index contributed by atoms with van der Waals surface area (Å²) in [6.07, 6.45) is 1.03. The molecule has 1 amide bonds. The summed E-state index contributed by atoms with van der Waals surface area (Å²) >= 11 is 0. The SMILES string of the molecule is CN(C)S(=O)(=O)NCCNC(=O)c1ccc(NS(C)(=O)=O)cc1. The highest BCUT2D eigenvalue weighted by Crippen LogP contribution is 2.10. The van der Waals surface area contributed by atoms with E-state index in [1.807, 2.05) is 0 Å². The number of rotatable bonds is 8. The van der Waals surface area contributed by atoms with Gasteiger partial charge in [0.1, 0.15) is 0 Å². The van der Waals surface area contributed by atoms with Crippen molar-refractivity contribution >= 4 is 31.8 Å². The molecule has 1 aromatic carbocycles. The van der Waals surface area contributed by atoms with E-state index in [1.54, 1.807) is 0 Å². The van der Waals surface area contributed by atoms with Gasteiger partial charge in [0.2, 0.25) is 10.0 Å². The average Bonchev–Trinajstić information content (AvgIpc) is 2.42. The third kappa shape index (κ3) is 6.95. The van der Waals surface area contributed by atoms with Crippen molar-refractivity contribution in [2.45, 2.75) is 0 Å². The van der Waals surface area contributed by atoms with Crippen LogP contribution in [0.5, 0.6) is 0 Å². The van der Waals surface area contributed by atoms with Crippen LogP contribution in [0.2, 0.25) is 0 Å². The zero-order valence-electron chi connectivity index (χ0n) is 13.0. The molecule has 0 spiro atoms. The minimum absolute atomic E-state index is 0.0555. The molecule has 0 aromatic heterocycles. The fourth-order valence-corrected chi connectivity index (χ4v) is 2.67. The molecule has 1 rings (SSSR count). The molecule has 0 saturated heterocycles. The lowest BCUT2D eigenvalue weighted by Crippen LogP contribution is -2.40. The van der Waals surface area contributed by atoms with Gasteiger partial charge < -0.3 is 5.32 Å². The summed E-state index contributed by atoms with van der Waals surface area (Å²) in [5, 5.41) is 2.56. The topological polar surface area (TPSA) is 125 Å². The molecule has 0 aliphatic heterocycles. The van der Waals surface area contributed by atoms with Crippen LogP contribution in [0.15, 0.2) is 24.3 Å². The predicted octanol–water partition coefficient (Wildman–Crippen LogP) is -0.816. The molecule has 11 heteroatoms. The van der Waals surface area contributed by atoms with Crippen molar-refractivity contribution in [3.63, 3.8) is 0 Å². The van der Waals surface area contributed by atoms with E-state index in [0.29, 0.717) is 11.3 Å². The van der Waals surface area contributed by atoms with E-state index in [4.69, 9.17) is 0 Å². The van der Waals surface area contributed by atoms with Crippen molar-refractivity contribution in [3.8, 4) is 0 Å². The predicted molar refractivity (Wildman–Crippen MR) is 87.9 cm³/mol. The lowest BCUT2D eigenvalue weighted by Gasteiger charge is -2.12. The molecule has 0 atom stereocenters. The number of nitrogens with zero attached hydrogens (tertiary/aromatic N) is 1. The Kier molecular flexibility index (Phi) is 6.50. The maximum absolute atomic E-state index is 11.9. The second-order valence-corrected chi connectivity index (χ2v) is 8.61. The van der Waals surface area contributed by atoms with E-state index in [0.717, 1.165) is 10.6 Å². The van der Waals surface area contributed by atoms with Gasteiger partial charge in [-0.3, -0.25) is 9.52 Å². The average molecular weight is 364 g/mol. The van der Waals surface area contributed by atoms with Crippen LogP contribution in [0.3, 0.4) is 0 Å². The van der Waals surface area contributed by atoms with Crippen LogP contribution < -0.4 is 14.8 Å². The number of hydrogen-bond donors (Lipinski definition) is 3. The molecule has 0 fully saturated rings. The molecule has 0 bridgehead atoms. The quantitative estimate of drug-likeness (QED) is 0.520. The number of anilines is 1. The number of carbonyl (C=O) groups excluding carboxylic acids is 1. The molecule has 0 unspecified atom stereocenters. The molecule has 0 radical (unpaired) electrons. The summed E-state index contributed by atoms with van der Waals surface area (Å²) in [5.74, 6) is -0.389. The Hall–Kier alpha value is -1.69. The van der Waals surface area contributed by atoms with Crippen LogP contribution in [0.4, 0.5) is 5.69 Å². The van der Waals surface area contributed by atoms with Crippen molar-refractivity contribution in [1.82, 2.24) is 14.3 Å². The number of carbonyl (C=O) groups is 1. The van der Waals surface area contributed by atoms with E-state index < -0.39 is 20.2 Å². The highest BCUT2D eigenvalue weighted by Gasteiger charge is 2.12. The Morgan fingerprint density at radius 2 is 1.61 bits per heavy atom. The molecule has 1 aromatic rings. The summed E-state index contributed by atoms with van der Waals surface area (Å²) in [7, 11) is -4.09. The minimum Gasteiger partial charge on any atom is -0.351 e. The van der Waals surface area contributed by atoms with Gasteiger partial charge in [-0.1, -0.05) is 0 Å². The van der Waals surface area contributed by atoms with E-state index in [2.05, 4.69) is 14.8 Å². The van der Waals surface area contributed by atoms with E-state index >= 15 is 0 Å². The largest absolute Gasteiger partial charge is 0.351 e. The van der Waals surface area contributed by atoms with Gasteiger partial charge in [-0.05, 0) is 24.3 Å². The van der Waals surface area contributed by atoms with E-state index in [1.165, 1.54) is 38.4 Å². The zero-order valence-corrected chi connectivity index (χ0v) is 14.7. The number of sulfonamides is 1. The summed E-state index contributed by atoms with van der Waals surface area (Å²) in [6, 6.07) is 5.86. The van der Waals surface area contributed by atoms with Gasteiger partial charge in [-0.2, -0.15) is 12.7 Å². The van der Waals surface area contributed by atoms with Crippen molar-refractivity contribution < 1.29 is 21.6 Å². The highest BCUT2D eigenvalue weighted by atomic mass is 32.2. The minimum atomic E-state index is -3.52. The number of hydrogen-bond acceptors (Lipinski definition) is 5. The summed E-state index contributed by atoms with van der Waals surface area (Å²) in [6.45, 7) is 0.176. The standard InChI is InChI=1S/C12H20N4O5S2/c1-16(2)23(20,21)14-9-8-13-12(17)10-4-6-11(7-5-10)15-22(3,18)19/h4-7,14-15H,8-9H2,1-3H3,(H,13,17). The third-order valence-corrected chi connectivity index (χ3v) is 4.76. The first-order valence-corrected chi connectivity index (χ1v) is 9.87. The normalized spacial score (nSPS) is 12.2. The smallest absolute Gasteiger partial charge is 0.278 e. The third-order valence-electron chi connectivity index (χ3n) is 2.63. The Morgan fingerprint density at radius 1 is 1.04 bits per heavy atom. The fraction of sp³-hybridized carbons (Fsp3) is 0.417.